The molecule has 3 fully saturated rings. The van der Waals surface area contributed by atoms with E-state index in [1.165, 1.54) is 25.0 Å². The first-order valence-corrected chi connectivity index (χ1v) is 12.5. The Labute approximate surface area is 210 Å². The van der Waals surface area contributed by atoms with Crippen LogP contribution in [-0.4, -0.2) is 38.6 Å². The van der Waals surface area contributed by atoms with Crippen LogP contribution in [0.25, 0.3) is 16.6 Å². The van der Waals surface area contributed by atoms with Crippen molar-refractivity contribution in [2.45, 2.75) is 38.1 Å². The largest absolute Gasteiger partial charge is 0.369 e. The third-order valence-electron chi connectivity index (χ3n) is 7.79. The monoisotopic (exact) mass is 502 g/mol. The SMILES string of the molecule is O=C(Nc1ccc2c(cnn2C2CC2)c1N1CCC2(CC2)C1)c1ccc(=O)n(-c2c(F)cccc2F)n1. The number of rotatable bonds is 5. The van der Waals surface area contributed by atoms with Crippen LogP contribution >= 0.6 is 0 Å². The Bertz CT molecular complexity index is 1620. The summed E-state index contributed by atoms with van der Waals surface area (Å²) < 4.78 is 31.3. The van der Waals surface area contributed by atoms with E-state index in [1.807, 2.05) is 18.3 Å². The Morgan fingerprint density at radius 1 is 1.00 bits per heavy atom. The van der Waals surface area contributed by atoms with Crippen molar-refractivity contribution in [2.75, 3.05) is 23.3 Å². The molecule has 1 saturated heterocycles. The number of nitrogens with zero attached hydrogens (tertiary/aromatic N) is 5. The van der Waals surface area contributed by atoms with Gasteiger partial charge in [-0.3, -0.25) is 14.3 Å². The van der Waals surface area contributed by atoms with E-state index in [2.05, 4.69) is 25.1 Å². The molecule has 1 aliphatic heterocycles. The summed E-state index contributed by atoms with van der Waals surface area (Å²) >= 11 is 0. The maximum Gasteiger partial charge on any atom is 0.276 e. The molecule has 10 heteroatoms. The minimum Gasteiger partial charge on any atom is -0.369 e. The van der Waals surface area contributed by atoms with E-state index >= 15 is 0 Å². The molecule has 2 aromatic carbocycles. The van der Waals surface area contributed by atoms with Gasteiger partial charge >= 0.3 is 0 Å². The molecule has 1 N–H and O–H groups in total. The van der Waals surface area contributed by atoms with Crippen molar-refractivity contribution in [1.82, 2.24) is 19.6 Å². The first kappa shape index (κ1) is 22.1. The molecule has 188 valence electrons. The zero-order valence-electron chi connectivity index (χ0n) is 20.0. The fraction of sp³-hybridized carbons (Fsp3) is 0.333. The fourth-order valence-electron chi connectivity index (χ4n) is 5.44. The van der Waals surface area contributed by atoms with Crippen LogP contribution in [0.2, 0.25) is 0 Å². The van der Waals surface area contributed by atoms with Crippen molar-refractivity contribution in [1.29, 1.82) is 0 Å². The van der Waals surface area contributed by atoms with Crippen LogP contribution < -0.4 is 15.8 Å². The number of anilines is 2. The molecule has 0 unspecified atom stereocenters. The lowest BCUT2D eigenvalue weighted by molar-refractivity contribution is 0.102. The third kappa shape index (κ3) is 3.70. The summed E-state index contributed by atoms with van der Waals surface area (Å²) in [5, 5.41) is 12.6. The van der Waals surface area contributed by atoms with E-state index in [4.69, 9.17) is 0 Å². The fourth-order valence-corrected chi connectivity index (χ4v) is 5.44. The van der Waals surface area contributed by atoms with Gasteiger partial charge in [0, 0.05) is 24.5 Å². The molecular weight excluding hydrogens is 478 g/mol. The summed E-state index contributed by atoms with van der Waals surface area (Å²) in [6, 6.07) is 9.86. The molecule has 3 aliphatic rings. The molecule has 0 radical (unpaired) electrons. The Balaban J connectivity index is 1.27. The van der Waals surface area contributed by atoms with Gasteiger partial charge in [-0.1, -0.05) is 6.07 Å². The minimum absolute atomic E-state index is 0.137. The summed E-state index contributed by atoms with van der Waals surface area (Å²) in [5.41, 5.74) is 1.44. The molecule has 1 spiro atoms. The van der Waals surface area contributed by atoms with Gasteiger partial charge in [-0.25, -0.2) is 8.78 Å². The third-order valence-corrected chi connectivity index (χ3v) is 7.79. The number of halogens is 2. The van der Waals surface area contributed by atoms with Crippen LogP contribution in [0.4, 0.5) is 20.2 Å². The molecule has 4 aromatic rings. The maximum atomic E-state index is 14.3. The van der Waals surface area contributed by atoms with Crippen molar-refractivity contribution >= 4 is 28.2 Å². The Hall–Kier alpha value is -4.08. The topological polar surface area (TPSA) is 85.0 Å². The normalized spacial score (nSPS) is 18.1. The van der Waals surface area contributed by atoms with E-state index in [1.54, 1.807) is 0 Å². The molecule has 2 aliphatic carbocycles. The number of aromatic nitrogens is 4. The molecule has 2 aromatic heterocycles. The lowest BCUT2D eigenvalue weighted by atomic mass is 10.1. The molecular formula is C27H24F2N6O2. The number of carbonyl (C=O) groups excluding carboxylic acids is 1. The number of benzene rings is 2. The van der Waals surface area contributed by atoms with E-state index in [9.17, 15) is 18.4 Å². The first-order valence-electron chi connectivity index (χ1n) is 12.5. The second kappa shape index (κ2) is 7.96. The number of fused-ring (bicyclic) bond motifs is 1. The minimum atomic E-state index is -0.949. The molecule has 7 rings (SSSR count). The standard InChI is InChI=1S/C27H24F2N6O2/c28-18-2-1-3-19(29)25(18)35-23(36)9-7-21(32-35)26(37)31-20-6-8-22-17(14-30-34(22)16-4-5-16)24(20)33-13-12-27(15-33)10-11-27/h1-3,6-9,14,16H,4-5,10-13,15H2,(H,31,37). The van der Waals surface area contributed by atoms with Gasteiger partial charge < -0.3 is 10.2 Å². The van der Waals surface area contributed by atoms with E-state index in [-0.39, 0.29) is 5.69 Å². The van der Waals surface area contributed by atoms with Crippen LogP contribution in [0, 0.1) is 17.0 Å². The number of carbonyl (C=O) groups is 1. The number of nitrogens with one attached hydrogen (secondary N) is 1. The van der Waals surface area contributed by atoms with Gasteiger partial charge in [0.05, 0.1) is 29.1 Å². The Morgan fingerprint density at radius 2 is 1.78 bits per heavy atom. The highest BCUT2D eigenvalue weighted by atomic mass is 19.1. The van der Waals surface area contributed by atoms with Gasteiger partial charge in [0.15, 0.2) is 11.6 Å². The summed E-state index contributed by atoms with van der Waals surface area (Å²) in [5.74, 6) is -2.48. The lowest BCUT2D eigenvalue weighted by Gasteiger charge is -2.23. The van der Waals surface area contributed by atoms with E-state index < -0.39 is 28.8 Å². The van der Waals surface area contributed by atoms with Crippen molar-refractivity contribution in [2.24, 2.45) is 5.41 Å². The van der Waals surface area contributed by atoms with Crippen molar-refractivity contribution in [3.05, 3.63) is 76.3 Å². The van der Waals surface area contributed by atoms with Gasteiger partial charge in [0.25, 0.3) is 11.5 Å². The van der Waals surface area contributed by atoms with Crippen molar-refractivity contribution in [3.63, 3.8) is 0 Å². The van der Waals surface area contributed by atoms with Crippen LogP contribution in [0.1, 0.15) is 48.6 Å². The summed E-state index contributed by atoms with van der Waals surface area (Å²) in [6.45, 7) is 1.82. The molecule has 2 saturated carbocycles. The Morgan fingerprint density at radius 3 is 2.49 bits per heavy atom. The van der Waals surface area contributed by atoms with Crippen molar-refractivity contribution < 1.29 is 13.6 Å². The predicted molar refractivity (Wildman–Crippen MR) is 134 cm³/mol. The average Bonchev–Trinajstić information content (AvgIpc) is 3.78. The lowest BCUT2D eigenvalue weighted by Crippen LogP contribution is -2.27. The summed E-state index contributed by atoms with van der Waals surface area (Å²) in [7, 11) is 0. The second-order valence-electron chi connectivity index (χ2n) is 10.4. The van der Waals surface area contributed by atoms with Crippen LogP contribution in [0.3, 0.4) is 0 Å². The smallest absolute Gasteiger partial charge is 0.276 e. The van der Waals surface area contributed by atoms with E-state index in [0.29, 0.717) is 21.8 Å². The zero-order chi connectivity index (χ0) is 25.3. The quantitative estimate of drug-likeness (QED) is 0.436. The van der Waals surface area contributed by atoms with Crippen LogP contribution in [0.5, 0.6) is 0 Å². The number of hydrogen-bond acceptors (Lipinski definition) is 5. The van der Waals surface area contributed by atoms with Crippen LogP contribution in [-0.2, 0) is 0 Å². The second-order valence-corrected chi connectivity index (χ2v) is 10.4. The number of para-hydroxylation sites is 1. The first-order chi connectivity index (χ1) is 17.9. The predicted octanol–water partition coefficient (Wildman–Crippen LogP) is 4.44. The molecule has 37 heavy (non-hydrogen) atoms. The molecule has 8 nitrogen and oxygen atoms in total. The summed E-state index contributed by atoms with van der Waals surface area (Å²) in [4.78, 5) is 28.0. The van der Waals surface area contributed by atoms with Gasteiger partial charge in [0.1, 0.15) is 11.4 Å². The Kier molecular flexibility index (Phi) is 4.76. The number of hydrogen-bond donors (Lipinski definition) is 1. The van der Waals surface area contributed by atoms with E-state index in [0.717, 1.165) is 67.1 Å². The van der Waals surface area contributed by atoms with Gasteiger partial charge in [-0.15, -0.1) is 0 Å². The summed E-state index contributed by atoms with van der Waals surface area (Å²) in [6.07, 6.45) is 7.66. The highest BCUT2D eigenvalue weighted by molar-refractivity contribution is 6.09. The van der Waals surface area contributed by atoms with Crippen molar-refractivity contribution in [3.8, 4) is 5.69 Å². The average molecular weight is 503 g/mol. The zero-order valence-corrected chi connectivity index (χ0v) is 20.0. The van der Waals surface area contributed by atoms with Gasteiger partial charge in [-0.2, -0.15) is 14.9 Å². The van der Waals surface area contributed by atoms with Gasteiger partial charge in [-0.05, 0) is 67.9 Å². The highest BCUT2D eigenvalue weighted by Crippen LogP contribution is 2.54. The number of amides is 1. The van der Waals surface area contributed by atoms with Gasteiger partial charge in [0.2, 0.25) is 0 Å². The van der Waals surface area contributed by atoms with Crippen LogP contribution in [0.15, 0.2) is 53.5 Å². The highest BCUT2D eigenvalue weighted by Gasteiger charge is 2.48. The molecule has 0 atom stereocenters. The molecule has 1 amide bonds. The maximum absolute atomic E-state index is 14.3. The molecule has 0 bridgehead atoms. The molecule has 3 heterocycles.